The third kappa shape index (κ3) is 3.89. The van der Waals surface area contributed by atoms with Crippen molar-refractivity contribution in [2.24, 2.45) is 0 Å². The minimum absolute atomic E-state index is 0.189. The summed E-state index contributed by atoms with van der Waals surface area (Å²) in [6, 6.07) is 23.7. The molecule has 0 aromatic heterocycles. The zero-order chi connectivity index (χ0) is 20.6. The predicted molar refractivity (Wildman–Crippen MR) is 119 cm³/mol. The smallest absolute Gasteiger partial charge is 0.496 e. The summed E-state index contributed by atoms with van der Waals surface area (Å²) in [7, 11) is -0.508. The molecule has 0 atom stereocenters. The maximum atomic E-state index is 10.0. The van der Waals surface area contributed by atoms with Gasteiger partial charge < -0.3 is 19.7 Å². The summed E-state index contributed by atoms with van der Waals surface area (Å²) >= 11 is 0. The van der Waals surface area contributed by atoms with Gasteiger partial charge in [0, 0.05) is 22.9 Å². The van der Waals surface area contributed by atoms with Crippen molar-refractivity contribution in [2.45, 2.75) is 38.9 Å². The van der Waals surface area contributed by atoms with E-state index >= 15 is 0 Å². The molecule has 1 aliphatic heterocycles. The molecule has 5 heteroatoms. The van der Waals surface area contributed by atoms with Crippen LogP contribution in [0.1, 0.15) is 27.7 Å². The van der Waals surface area contributed by atoms with Gasteiger partial charge in [-0.1, -0.05) is 48.5 Å². The number of phenolic OH excluding ortho intramolecular Hbond substituents is 1. The van der Waals surface area contributed by atoms with E-state index in [-0.39, 0.29) is 5.75 Å². The molecule has 29 heavy (non-hydrogen) atoms. The van der Waals surface area contributed by atoms with E-state index in [1.54, 1.807) is 12.1 Å². The first kappa shape index (κ1) is 19.6. The van der Waals surface area contributed by atoms with Crippen LogP contribution in [0.5, 0.6) is 5.75 Å². The van der Waals surface area contributed by atoms with E-state index in [1.165, 1.54) is 5.56 Å². The van der Waals surface area contributed by atoms with Crippen LogP contribution < -0.4 is 10.8 Å². The number of hydrogen-bond acceptors (Lipinski definition) is 4. The molecule has 3 aromatic rings. The summed E-state index contributed by atoms with van der Waals surface area (Å²) in [5.41, 5.74) is 4.01. The van der Waals surface area contributed by atoms with Crippen molar-refractivity contribution in [3.63, 3.8) is 0 Å². The standard InChI is InChI=1S/C24H26BNO3/c1-23(2)24(3,4)29-25(28-23)21-15-14-20(27)16-22(21)26-19-12-10-18(11-13-19)17-8-6-5-7-9-17/h5-16,26-27H,1-4H3. The Hall–Kier alpha value is -2.76. The van der Waals surface area contributed by atoms with Crippen LogP contribution in [0.15, 0.2) is 72.8 Å². The molecular formula is C24H26BNO3. The molecular weight excluding hydrogens is 361 g/mol. The molecule has 0 radical (unpaired) electrons. The van der Waals surface area contributed by atoms with Gasteiger partial charge in [-0.25, -0.2) is 0 Å². The Morgan fingerprint density at radius 3 is 1.97 bits per heavy atom. The van der Waals surface area contributed by atoms with Crippen molar-refractivity contribution in [3.8, 4) is 16.9 Å². The van der Waals surface area contributed by atoms with E-state index in [1.807, 2.05) is 64.1 Å². The van der Waals surface area contributed by atoms with Crippen LogP contribution in [-0.4, -0.2) is 23.4 Å². The lowest BCUT2D eigenvalue weighted by molar-refractivity contribution is 0.00578. The van der Waals surface area contributed by atoms with Crippen molar-refractivity contribution in [1.29, 1.82) is 0 Å². The number of phenols is 1. The minimum atomic E-state index is -0.508. The third-order valence-corrected chi connectivity index (χ3v) is 5.82. The third-order valence-electron chi connectivity index (χ3n) is 5.82. The molecule has 148 valence electrons. The van der Waals surface area contributed by atoms with Gasteiger partial charge in [-0.3, -0.25) is 0 Å². The van der Waals surface area contributed by atoms with E-state index < -0.39 is 18.3 Å². The summed E-state index contributed by atoms with van der Waals surface area (Å²) in [5, 5.41) is 13.4. The van der Waals surface area contributed by atoms with Crippen molar-refractivity contribution in [1.82, 2.24) is 0 Å². The number of anilines is 2. The topological polar surface area (TPSA) is 50.7 Å². The SMILES string of the molecule is CC1(C)OB(c2ccc(O)cc2Nc2ccc(-c3ccccc3)cc2)OC1(C)C. The van der Waals surface area contributed by atoms with Crippen LogP contribution in [0.4, 0.5) is 11.4 Å². The van der Waals surface area contributed by atoms with Gasteiger partial charge in [-0.15, -0.1) is 0 Å². The maximum Gasteiger partial charge on any atom is 0.496 e. The van der Waals surface area contributed by atoms with Gasteiger partial charge in [0.2, 0.25) is 0 Å². The quantitative estimate of drug-likeness (QED) is 0.612. The molecule has 3 aromatic carbocycles. The van der Waals surface area contributed by atoms with Crippen LogP contribution in [0.25, 0.3) is 11.1 Å². The van der Waals surface area contributed by atoms with Crippen LogP contribution in [-0.2, 0) is 9.31 Å². The highest BCUT2D eigenvalue weighted by atomic mass is 16.7. The molecule has 2 N–H and O–H groups in total. The van der Waals surface area contributed by atoms with Gasteiger partial charge in [0.05, 0.1) is 11.2 Å². The summed E-state index contributed by atoms with van der Waals surface area (Å²) in [4.78, 5) is 0. The van der Waals surface area contributed by atoms with Gasteiger partial charge >= 0.3 is 7.12 Å². The first-order valence-corrected chi connectivity index (χ1v) is 9.86. The molecule has 0 saturated carbocycles. The molecule has 0 spiro atoms. The first-order chi connectivity index (χ1) is 13.7. The lowest BCUT2D eigenvalue weighted by Crippen LogP contribution is -2.41. The predicted octanol–water partition coefficient (Wildman–Crippen LogP) is 5.10. The van der Waals surface area contributed by atoms with Crippen molar-refractivity contribution >= 4 is 24.0 Å². The highest BCUT2D eigenvalue weighted by Gasteiger charge is 2.52. The Morgan fingerprint density at radius 1 is 0.759 bits per heavy atom. The molecule has 4 rings (SSSR count). The first-order valence-electron chi connectivity index (χ1n) is 9.86. The number of aromatic hydroxyl groups is 1. The second-order valence-corrected chi connectivity index (χ2v) is 8.43. The van der Waals surface area contributed by atoms with Gasteiger partial charge in [0.1, 0.15) is 5.75 Å². The molecule has 4 nitrogen and oxygen atoms in total. The molecule has 1 fully saturated rings. The number of benzene rings is 3. The fraction of sp³-hybridized carbons (Fsp3) is 0.250. The van der Waals surface area contributed by atoms with Crippen LogP contribution in [0.3, 0.4) is 0 Å². The van der Waals surface area contributed by atoms with E-state index in [4.69, 9.17) is 9.31 Å². The zero-order valence-electron chi connectivity index (χ0n) is 17.3. The molecule has 0 amide bonds. The summed E-state index contributed by atoms with van der Waals surface area (Å²) in [6.45, 7) is 8.12. The summed E-state index contributed by atoms with van der Waals surface area (Å²) < 4.78 is 12.4. The van der Waals surface area contributed by atoms with E-state index in [0.29, 0.717) is 0 Å². The highest BCUT2D eigenvalue weighted by molar-refractivity contribution is 6.64. The molecule has 1 aliphatic rings. The average molecular weight is 387 g/mol. The fourth-order valence-corrected chi connectivity index (χ4v) is 3.36. The molecule has 0 aliphatic carbocycles. The summed E-state index contributed by atoms with van der Waals surface area (Å²) in [6.07, 6.45) is 0. The Balaban J connectivity index is 1.60. The highest BCUT2D eigenvalue weighted by Crippen LogP contribution is 2.37. The molecule has 0 unspecified atom stereocenters. The van der Waals surface area contributed by atoms with Gasteiger partial charge in [0.25, 0.3) is 0 Å². The van der Waals surface area contributed by atoms with Crippen LogP contribution in [0, 0.1) is 0 Å². The summed E-state index contributed by atoms with van der Waals surface area (Å²) in [5.74, 6) is 0.189. The van der Waals surface area contributed by atoms with Crippen LogP contribution in [0.2, 0.25) is 0 Å². The second kappa shape index (κ2) is 7.25. The minimum Gasteiger partial charge on any atom is -0.508 e. The van der Waals surface area contributed by atoms with Crippen molar-refractivity contribution in [2.75, 3.05) is 5.32 Å². The normalized spacial score (nSPS) is 17.3. The lowest BCUT2D eigenvalue weighted by Gasteiger charge is -2.32. The Kier molecular flexibility index (Phi) is 4.89. The number of nitrogens with one attached hydrogen (secondary N) is 1. The van der Waals surface area contributed by atoms with E-state index in [9.17, 15) is 5.11 Å². The largest absolute Gasteiger partial charge is 0.508 e. The zero-order valence-corrected chi connectivity index (χ0v) is 17.3. The van der Waals surface area contributed by atoms with Gasteiger partial charge in [0.15, 0.2) is 0 Å². The Bertz CT molecular complexity index is 984. The number of hydrogen-bond donors (Lipinski definition) is 2. The monoisotopic (exact) mass is 387 g/mol. The van der Waals surface area contributed by atoms with Gasteiger partial charge in [-0.05, 0) is 57.0 Å². The fourth-order valence-electron chi connectivity index (χ4n) is 3.36. The Morgan fingerprint density at radius 2 is 1.34 bits per heavy atom. The molecule has 0 bridgehead atoms. The molecule has 1 heterocycles. The second-order valence-electron chi connectivity index (χ2n) is 8.43. The van der Waals surface area contributed by atoms with E-state index in [2.05, 4.69) is 29.6 Å². The maximum absolute atomic E-state index is 10.0. The number of rotatable bonds is 4. The lowest BCUT2D eigenvalue weighted by atomic mass is 9.77. The Labute approximate surface area is 172 Å². The van der Waals surface area contributed by atoms with Crippen LogP contribution >= 0.6 is 0 Å². The van der Waals surface area contributed by atoms with Gasteiger partial charge in [-0.2, -0.15) is 0 Å². The van der Waals surface area contributed by atoms with Crippen molar-refractivity contribution in [3.05, 3.63) is 72.8 Å². The van der Waals surface area contributed by atoms with Crippen molar-refractivity contribution < 1.29 is 14.4 Å². The van der Waals surface area contributed by atoms with E-state index in [0.717, 1.165) is 22.4 Å². The average Bonchev–Trinajstić information content (AvgIpc) is 2.90. The molecule has 1 saturated heterocycles.